The van der Waals surface area contributed by atoms with Crippen molar-refractivity contribution in [2.45, 2.75) is 22.6 Å². The van der Waals surface area contributed by atoms with Crippen LogP contribution in [-0.4, -0.2) is 6.61 Å². The monoisotopic (exact) mass is 322 g/mol. The molecule has 0 bridgehead atoms. The Bertz CT molecular complexity index is 613. The van der Waals surface area contributed by atoms with Crippen molar-refractivity contribution in [3.05, 3.63) is 60.2 Å². The van der Waals surface area contributed by atoms with Gasteiger partial charge in [0.25, 0.3) is 0 Å². The fourth-order valence-corrected chi connectivity index (χ4v) is 3.11. The first-order valence-corrected chi connectivity index (χ1v) is 9.16. The van der Waals surface area contributed by atoms with Gasteiger partial charge >= 0.3 is 7.67 Å². The van der Waals surface area contributed by atoms with Crippen molar-refractivity contribution in [3.63, 3.8) is 0 Å². The summed E-state index contributed by atoms with van der Waals surface area (Å²) in [5.41, 5.74) is 11.5. The number of nitrogens with two attached hydrogens (primary N) is 2. The van der Waals surface area contributed by atoms with Crippen LogP contribution in [0.1, 0.15) is 18.4 Å². The summed E-state index contributed by atoms with van der Waals surface area (Å²) in [4.78, 5) is 2.37. The van der Waals surface area contributed by atoms with Crippen LogP contribution >= 0.6 is 19.4 Å². The van der Waals surface area contributed by atoms with Crippen LogP contribution in [0.3, 0.4) is 0 Å². The fourth-order valence-electron chi connectivity index (χ4n) is 1.81. The van der Waals surface area contributed by atoms with Crippen molar-refractivity contribution < 1.29 is 9.09 Å². The van der Waals surface area contributed by atoms with E-state index in [1.54, 1.807) is 11.8 Å². The van der Waals surface area contributed by atoms with Crippen molar-refractivity contribution in [1.82, 2.24) is 0 Å². The summed E-state index contributed by atoms with van der Waals surface area (Å²) in [7, 11) is -3.40. The highest BCUT2D eigenvalue weighted by Gasteiger charge is 2.13. The van der Waals surface area contributed by atoms with Gasteiger partial charge in [-0.25, -0.2) is 11.0 Å². The molecular formula is C15H19N2O2PS. The number of rotatable bonds is 6. The lowest BCUT2D eigenvalue weighted by Gasteiger charge is -2.14. The zero-order valence-corrected chi connectivity index (χ0v) is 13.5. The van der Waals surface area contributed by atoms with Gasteiger partial charge in [-0.1, -0.05) is 49.0 Å². The Balaban J connectivity index is 1.97. The van der Waals surface area contributed by atoms with Gasteiger partial charge < -0.3 is 4.52 Å². The van der Waals surface area contributed by atoms with Crippen LogP contribution < -0.4 is 11.0 Å². The van der Waals surface area contributed by atoms with E-state index in [0.29, 0.717) is 0 Å². The van der Waals surface area contributed by atoms with Gasteiger partial charge in [-0.2, -0.15) is 0 Å². The summed E-state index contributed by atoms with van der Waals surface area (Å²) in [5, 5.41) is 0. The third-order valence-electron chi connectivity index (χ3n) is 2.95. The van der Waals surface area contributed by atoms with Crippen molar-refractivity contribution in [2.75, 3.05) is 6.61 Å². The Morgan fingerprint density at radius 1 is 1.05 bits per heavy atom. The minimum absolute atomic E-state index is 0.0844. The third-order valence-corrected chi connectivity index (χ3v) is 4.52. The molecule has 0 aromatic heterocycles. The molecule has 0 fully saturated rings. The smallest absolute Gasteiger partial charge is 0.306 e. The van der Waals surface area contributed by atoms with E-state index >= 15 is 0 Å². The summed E-state index contributed by atoms with van der Waals surface area (Å²) in [5.74, 6) is 0.0844. The van der Waals surface area contributed by atoms with Crippen LogP contribution in [0.25, 0.3) is 0 Å². The molecular weight excluding hydrogens is 303 g/mol. The molecule has 0 radical (unpaired) electrons. The molecule has 6 heteroatoms. The molecule has 2 rings (SSSR count). The molecule has 4 nitrogen and oxygen atoms in total. The minimum Gasteiger partial charge on any atom is -0.306 e. The van der Waals surface area contributed by atoms with Crippen molar-refractivity contribution >= 4 is 19.4 Å². The van der Waals surface area contributed by atoms with Crippen LogP contribution in [0.2, 0.25) is 0 Å². The van der Waals surface area contributed by atoms with Crippen molar-refractivity contribution in [2.24, 2.45) is 11.0 Å². The topological polar surface area (TPSA) is 78.3 Å². The first-order valence-electron chi connectivity index (χ1n) is 6.58. The number of hydrogen-bond acceptors (Lipinski definition) is 3. The summed E-state index contributed by atoms with van der Waals surface area (Å²) < 4.78 is 16.1. The molecule has 1 atom stereocenters. The Kier molecular flexibility index (Phi) is 5.62. The number of hydrogen-bond donors (Lipinski definition) is 2. The van der Waals surface area contributed by atoms with Crippen LogP contribution in [0.15, 0.2) is 64.4 Å². The largest absolute Gasteiger partial charge is 0.335 e. The third kappa shape index (κ3) is 5.65. The molecule has 0 saturated heterocycles. The molecule has 2 aromatic rings. The molecule has 1 unspecified atom stereocenters. The van der Waals surface area contributed by atoms with E-state index in [1.807, 2.05) is 37.3 Å². The molecule has 112 valence electrons. The maximum absolute atomic E-state index is 11.1. The molecule has 0 saturated carbocycles. The molecule has 0 heterocycles. The Hall–Kier alpha value is -1.10. The van der Waals surface area contributed by atoms with Crippen molar-refractivity contribution in [3.8, 4) is 0 Å². The van der Waals surface area contributed by atoms with Gasteiger partial charge in [-0.3, -0.25) is 4.57 Å². The Morgan fingerprint density at radius 2 is 1.62 bits per heavy atom. The van der Waals surface area contributed by atoms with Crippen LogP contribution in [0.4, 0.5) is 0 Å². The van der Waals surface area contributed by atoms with Gasteiger partial charge in [0.1, 0.15) is 0 Å². The summed E-state index contributed by atoms with van der Waals surface area (Å²) >= 11 is 1.71. The maximum atomic E-state index is 11.1. The second-order valence-electron chi connectivity index (χ2n) is 4.83. The van der Waals surface area contributed by atoms with E-state index < -0.39 is 7.67 Å². The van der Waals surface area contributed by atoms with Gasteiger partial charge in [0.05, 0.1) is 6.61 Å². The van der Waals surface area contributed by atoms with Gasteiger partial charge in [0, 0.05) is 15.7 Å². The zero-order valence-electron chi connectivity index (χ0n) is 11.8. The van der Waals surface area contributed by atoms with E-state index in [9.17, 15) is 4.57 Å². The van der Waals surface area contributed by atoms with Crippen LogP contribution in [-0.2, 0) is 9.09 Å². The SMILES string of the molecule is CC(COP(N)(N)=O)c1ccc(Sc2ccccc2)cc1. The second-order valence-corrected chi connectivity index (χ2v) is 7.52. The second kappa shape index (κ2) is 7.25. The van der Waals surface area contributed by atoms with E-state index in [2.05, 4.69) is 24.3 Å². The molecule has 4 N–H and O–H groups in total. The highest BCUT2D eigenvalue weighted by atomic mass is 32.2. The maximum Gasteiger partial charge on any atom is 0.335 e. The molecule has 0 amide bonds. The van der Waals surface area contributed by atoms with Crippen LogP contribution in [0.5, 0.6) is 0 Å². The molecule has 2 aromatic carbocycles. The lowest BCUT2D eigenvalue weighted by atomic mass is 10.0. The van der Waals surface area contributed by atoms with Crippen LogP contribution in [0, 0.1) is 0 Å². The van der Waals surface area contributed by atoms with Gasteiger partial charge in [0.15, 0.2) is 0 Å². The molecule has 0 aliphatic carbocycles. The van der Waals surface area contributed by atoms with Crippen molar-refractivity contribution in [1.29, 1.82) is 0 Å². The zero-order chi connectivity index (χ0) is 15.3. The number of benzene rings is 2. The standard InChI is InChI=1S/C15H19N2O2PS/c1-12(11-19-20(16,17)18)13-7-9-15(10-8-13)21-14-5-3-2-4-6-14/h2-10,12H,11H2,1H3,(H4,16,17,18). The van der Waals surface area contributed by atoms with Gasteiger partial charge in [0.2, 0.25) is 0 Å². The molecule has 0 aliphatic rings. The van der Waals surface area contributed by atoms with E-state index in [1.165, 1.54) is 9.79 Å². The van der Waals surface area contributed by atoms with E-state index in [-0.39, 0.29) is 12.5 Å². The highest BCUT2D eigenvalue weighted by Crippen LogP contribution is 2.31. The fraction of sp³-hybridized carbons (Fsp3) is 0.200. The first-order chi connectivity index (χ1) is 9.94. The molecule has 0 spiro atoms. The first kappa shape index (κ1) is 16.3. The predicted molar refractivity (Wildman–Crippen MR) is 87.4 cm³/mol. The normalized spacial score (nSPS) is 13.1. The molecule has 21 heavy (non-hydrogen) atoms. The van der Waals surface area contributed by atoms with Gasteiger partial charge in [-0.05, 0) is 29.8 Å². The Labute approximate surface area is 129 Å². The highest BCUT2D eigenvalue weighted by molar-refractivity contribution is 7.99. The van der Waals surface area contributed by atoms with Gasteiger partial charge in [-0.15, -0.1) is 0 Å². The lowest BCUT2D eigenvalue weighted by molar-refractivity contribution is 0.294. The average molecular weight is 322 g/mol. The summed E-state index contributed by atoms with van der Waals surface area (Å²) in [6.07, 6.45) is 0. The van der Waals surface area contributed by atoms with E-state index in [0.717, 1.165) is 5.56 Å². The minimum atomic E-state index is -3.40. The molecule has 0 aliphatic heterocycles. The lowest BCUT2D eigenvalue weighted by Crippen LogP contribution is -2.12. The quantitative estimate of drug-likeness (QED) is 0.786. The summed E-state index contributed by atoms with van der Waals surface area (Å²) in [6, 6.07) is 18.4. The predicted octanol–water partition coefficient (Wildman–Crippen LogP) is 3.98. The average Bonchev–Trinajstić information content (AvgIpc) is 2.46. The summed E-state index contributed by atoms with van der Waals surface area (Å²) in [6.45, 7) is 2.23. The Morgan fingerprint density at radius 3 is 2.19 bits per heavy atom. The van der Waals surface area contributed by atoms with E-state index in [4.69, 9.17) is 15.5 Å².